The summed E-state index contributed by atoms with van der Waals surface area (Å²) < 4.78 is 0. The maximum atomic E-state index is 10.9. The quantitative estimate of drug-likeness (QED) is 0.528. The number of nitriles is 1. The molecule has 106 valence electrons. The predicted octanol–water partition coefficient (Wildman–Crippen LogP) is 2.69. The monoisotopic (exact) mass is 282 g/mol. The highest BCUT2D eigenvalue weighted by Gasteiger charge is 2.15. The second-order valence-corrected chi connectivity index (χ2v) is 4.62. The molecule has 0 heterocycles. The normalized spacial score (nSPS) is 9.90. The van der Waals surface area contributed by atoms with E-state index >= 15 is 0 Å². The second kappa shape index (κ2) is 5.92. The highest BCUT2D eigenvalue weighted by molar-refractivity contribution is 5.64. The summed E-state index contributed by atoms with van der Waals surface area (Å²) in [5.41, 5.74) is 8.12. The first-order valence-corrected chi connectivity index (χ1v) is 6.26. The van der Waals surface area contributed by atoms with Gasteiger partial charge in [-0.25, -0.2) is 0 Å². The fourth-order valence-electron chi connectivity index (χ4n) is 2.03. The number of nitro groups is 1. The molecule has 0 saturated carbocycles. The van der Waals surface area contributed by atoms with Crippen LogP contribution in [0.15, 0.2) is 42.5 Å². The van der Waals surface area contributed by atoms with Crippen LogP contribution in [-0.4, -0.2) is 12.0 Å². The summed E-state index contributed by atoms with van der Waals surface area (Å²) in [5.74, 6) is 0. The number of nitro benzene ring substituents is 1. The van der Waals surface area contributed by atoms with E-state index in [9.17, 15) is 10.1 Å². The van der Waals surface area contributed by atoms with E-state index in [1.165, 1.54) is 6.07 Å². The summed E-state index contributed by atoms with van der Waals surface area (Å²) in [6.07, 6.45) is 0. The lowest BCUT2D eigenvalue weighted by Crippen LogP contribution is -2.17. The van der Waals surface area contributed by atoms with Crippen LogP contribution in [0.25, 0.3) is 0 Å². The molecule has 0 aliphatic carbocycles. The summed E-state index contributed by atoms with van der Waals surface area (Å²) in [6.45, 7) is 0.444. The van der Waals surface area contributed by atoms with Gasteiger partial charge in [0.2, 0.25) is 0 Å². The average molecular weight is 282 g/mol. The first kappa shape index (κ1) is 14.3. The van der Waals surface area contributed by atoms with E-state index in [0.29, 0.717) is 17.7 Å². The van der Waals surface area contributed by atoms with Crippen LogP contribution in [0.5, 0.6) is 0 Å². The first-order chi connectivity index (χ1) is 10.0. The Labute approximate surface area is 122 Å². The maximum absolute atomic E-state index is 10.9. The van der Waals surface area contributed by atoms with Crippen LogP contribution in [0, 0.1) is 21.4 Å². The molecule has 0 saturated heterocycles. The molecule has 21 heavy (non-hydrogen) atoms. The number of para-hydroxylation sites is 1. The smallest absolute Gasteiger partial charge is 0.292 e. The van der Waals surface area contributed by atoms with Crippen molar-refractivity contribution in [3.63, 3.8) is 0 Å². The Kier molecular flexibility index (Phi) is 4.05. The Morgan fingerprint density at radius 3 is 2.52 bits per heavy atom. The number of anilines is 2. The van der Waals surface area contributed by atoms with Gasteiger partial charge in [0, 0.05) is 30.9 Å². The Balaban J connectivity index is 2.23. The number of nitrogens with zero attached hydrogens (tertiary/aromatic N) is 3. The Morgan fingerprint density at radius 1 is 1.29 bits per heavy atom. The van der Waals surface area contributed by atoms with E-state index in [1.807, 2.05) is 24.1 Å². The van der Waals surface area contributed by atoms with Crippen LogP contribution < -0.4 is 10.6 Å². The van der Waals surface area contributed by atoms with Gasteiger partial charge < -0.3 is 10.6 Å². The summed E-state index contributed by atoms with van der Waals surface area (Å²) in [5, 5.41) is 19.7. The molecule has 0 amide bonds. The van der Waals surface area contributed by atoms with Crippen LogP contribution >= 0.6 is 0 Å². The van der Waals surface area contributed by atoms with Gasteiger partial charge in [-0.2, -0.15) is 5.26 Å². The van der Waals surface area contributed by atoms with Gasteiger partial charge in [-0.05, 0) is 24.3 Å². The largest absolute Gasteiger partial charge is 0.393 e. The van der Waals surface area contributed by atoms with Crippen LogP contribution in [0.4, 0.5) is 17.1 Å². The molecule has 0 spiro atoms. The van der Waals surface area contributed by atoms with E-state index in [4.69, 9.17) is 11.0 Å². The summed E-state index contributed by atoms with van der Waals surface area (Å²) >= 11 is 0. The van der Waals surface area contributed by atoms with Gasteiger partial charge in [0.15, 0.2) is 0 Å². The molecule has 0 unspecified atom stereocenters. The molecule has 2 aromatic carbocycles. The Hall–Kier alpha value is -3.07. The van der Waals surface area contributed by atoms with Crippen LogP contribution in [-0.2, 0) is 6.54 Å². The van der Waals surface area contributed by atoms with Crippen molar-refractivity contribution in [1.29, 1.82) is 5.26 Å². The molecule has 2 rings (SSSR count). The van der Waals surface area contributed by atoms with Crippen molar-refractivity contribution in [2.45, 2.75) is 6.54 Å². The number of hydrogen-bond donors (Lipinski definition) is 1. The van der Waals surface area contributed by atoms with Crippen molar-refractivity contribution in [3.05, 3.63) is 63.7 Å². The lowest BCUT2D eigenvalue weighted by molar-refractivity contribution is -0.383. The summed E-state index contributed by atoms with van der Waals surface area (Å²) in [7, 11) is 1.86. The summed E-state index contributed by atoms with van der Waals surface area (Å²) in [6, 6.07) is 13.9. The van der Waals surface area contributed by atoms with Crippen LogP contribution in [0.1, 0.15) is 11.1 Å². The molecule has 6 heteroatoms. The minimum absolute atomic E-state index is 0.0827. The second-order valence-electron chi connectivity index (χ2n) is 4.62. The summed E-state index contributed by atoms with van der Waals surface area (Å²) in [4.78, 5) is 12.3. The molecule has 0 atom stereocenters. The van der Waals surface area contributed by atoms with Crippen molar-refractivity contribution in [2.24, 2.45) is 0 Å². The van der Waals surface area contributed by atoms with Crippen molar-refractivity contribution in [3.8, 4) is 6.07 Å². The molecule has 0 aliphatic heterocycles. The number of rotatable bonds is 4. The minimum Gasteiger partial charge on any atom is -0.393 e. The third kappa shape index (κ3) is 3.09. The molecule has 0 radical (unpaired) electrons. The van der Waals surface area contributed by atoms with Crippen molar-refractivity contribution in [1.82, 2.24) is 0 Å². The molecular formula is C15H14N4O2. The van der Waals surface area contributed by atoms with E-state index < -0.39 is 4.92 Å². The molecule has 0 bridgehead atoms. The van der Waals surface area contributed by atoms with Gasteiger partial charge in [-0.15, -0.1) is 0 Å². The van der Waals surface area contributed by atoms with E-state index in [2.05, 4.69) is 6.07 Å². The molecule has 0 aromatic heterocycles. The molecule has 2 N–H and O–H groups in total. The number of hydrogen-bond acceptors (Lipinski definition) is 5. The highest BCUT2D eigenvalue weighted by atomic mass is 16.6. The third-order valence-electron chi connectivity index (χ3n) is 3.21. The van der Waals surface area contributed by atoms with Crippen LogP contribution in [0.3, 0.4) is 0 Å². The molecule has 6 nitrogen and oxygen atoms in total. The zero-order chi connectivity index (χ0) is 15.4. The SMILES string of the molecule is CN(Cc1cccc([N+](=O)[O-])c1N)c1ccc(C#N)cc1. The lowest BCUT2D eigenvalue weighted by Gasteiger charge is -2.20. The first-order valence-electron chi connectivity index (χ1n) is 6.26. The van der Waals surface area contributed by atoms with E-state index in [-0.39, 0.29) is 11.4 Å². The zero-order valence-corrected chi connectivity index (χ0v) is 11.5. The molecular weight excluding hydrogens is 268 g/mol. The molecule has 2 aromatic rings. The minimum atomic E-state index is -0.486. The predicted molar refractivity (Wildman–Crippen MR) is 80.8 cm³/mol. The Bertz CT molecular complexity index is 705. The molecule has 0 fully saturated rings. The van der Waals surface area contributed by atoms with Gasteiger partial charge in [-0.3, -0.25) is 10.1 Å². The molecule has 0 aliphatic rings. The third-order valence-corrected chi connectivity index (χ3v) is 3.21. The van der Waals surface area contributed by atoms with E-state index in [0.717, 1.165) is 5.69 Å². The van der Waals surface area contributed by atoms with Gasteiger partial charge >= 0.3 is 0 Å². The van der Waals surface area contributed by atoms with Gasteiger partial charge in [-0.1, -0.05) is 12.1 Å². The number of nitrogens with two attached hydrogens (primary N) is 1. The topological polar surface area (TPSA) is 96.2 Å². The number of nitrogen functional groups attached to an aromatic ring is 1. The zero-order valence-electron chi connectivity index (χ0n) is 11.5. The van der Waals surface area contributed by atoms with Gasteiger partial charge in [0.1, 0.15) is 5.69 Å². The van der Waals surface area contributed by atoms with Crippen molar-refractivity contribution < 1.29 is 4.92 Å². The van der Waals surface area contributed by atoms with Crippen LogP contribution in [0.2, 0.25) is 0 Å². The lowest BCUT2D eigenvalue weighted by atomic mass is 10.1. The van der Waals surface area contributed by atoms with Gasteiger partial charge in [0.05, 0.1) is 16.6 Å². The van der Waals surface area contributed by atoms with E-state index in [1.54, 1.807) is 24.3 Å². The maximum Gasteiger partial charge on any atom is 0.292 e. The van der Waals surface area contributed by atoms with Crippen molar-refractivity contribution >= 4 is 17.1 Å². The Morgan fingerprint density at radius 2 is 1.95 bits per heavy atom. The standard InChI is InChI=1S/C15H14N4O2/c1-18(13-7-5-11(9-16)6-8-13)10-12-3-2-4-14(15(12)17)19(20)21/h2-8H,10,17H2,1H3. The van der Waals surface area contributed by atoms with Crippen molar-refractivity contribution in [2.75, 3.05) is 17.7 Å². The fourth-order valence-corrected chi connectivity index (χ4v) is 2.03. The fraction of sp³-hybridized carbons (Fsp3) is 0.133. The highest BCUT2D eigenvalue weighted by Crippen LogP contribution is 2.27. The average Bonchev–Trinajstić information content (AvgIpc) is 2.49. The van der Waals surface area contributed by atoms with Gasteiger partial charge in [0.25, 0.3) is 5.69 Å². The number of benzene rings is 2.